The van der Waals surface area contributed by atoms with Gasteiger partial charge < -0.3 is 9.88 Å². The monoisotopic (exact) mass is 444 g/mol. The van der Waals surface area contributed by atoms with Crippen LogP contribution in [0, 0.1) is 0 Å². The first kappa shape index (κ1) is 21.7. The number of rotatable bonds is 4. The number of sulfonamides is 1. The van der Waals surface area contributed by atoms with E-state index in [1.54, 1.807) is 0 Å². The third kappa shape index (κ3) is 4.43. The molecule has 0 spiro atoms. The molecule has 1 amide bonds. The third-order valence-electron chi connectivity index (χ3n) is 6.30. The molecule has 4 rings (SSSR count). The van der Waals surface area contributed by atoms with Crippen LogP contribution in [0.2, 0.25) is 0 Å². The van der Waals surface area contributed by atoms with Gasteiger partial charge >= 0.3 is 0 Å². The molecule has 2 aliphatic rings. The lowest BCUT2D eigenvalue weighted by Gasteiger charge is -2.37. The highest BCUT2D eigenvalue weighted by atomic mass is 32.2. The van der Waals surface area contributed by atoms with E-state index in [4.69, 9.17) is 0 Å². The molecule has 0 unspecified atom stereocenters. The molecule has 2 aromatic rings. The quantitative estimate of drug-likeness (QED) is 0.776. The summed E-state index contributed by atoms with van der Waals surface area (Å²) in [5.41, 5.74) is 1.74. The second-order valence-electron chi connectivity index (χ2n) is 8.40. The number of carbonyl (C=O) groups excluding carboxylic acids is 1. The Bertz CT molecular complexity index is 1130. The third-order valence-corrected chi connectivity index (χ3v) is 7.55. The van der Waals surface area contributed by atoms with Crippen LogP contribution in [0.1, 0.15) is 60.8 Å². The van der Waals surface area contributed by atoms with Crippen LogP contribution in [-0.4, -0.2) is 52.8 Å². The molecular formula is C22H28N4O4S. The predicted octanol–water partition coefficient (Wildman–Crippen LogP) is 1.94. The first-order valence-corrected chi connectivity index (χ1v) is 12.5. The Morgan fingerprint density at radius 1 is 1.19 bits per heavy atom. The maximum atomic E-state index is 13.4. The molecule has 0 bridgehead atoms. The fraction of sp³-hybridized carbons (Fsp3) is 0.500. The molecule has 3 heterocycles. The van der Waals surface area contributed by atoms with E-state index in [1.165, 1.54) is 10.6 Å². The number of aromatic amines is 1. The largest absolute Gasteiger partial charge is 0.332 e. The summed E-state index contributed by atoms with van der Waals surface area (Å²) in [5.74, 6) is 0.160. The van der Waals surface area contributed by atoms with Gasteiger partial charge in [0.1, 0.15) is 5.82 Å². The Labute approximate surface area is 182 Å². The Balaban J connectivity index is 1.65. The molecule has 8 nitrogen and oxygen atoms in total. The van der Waals surface area contributed by atoms with Crippen LogP contribution in [0.15, 0.2) is 35.1 Å². The predicted molar refractivity (Wildman–Crippen MR) is 117 cm³/mol. The zero-order valence-corrected chi connectivity index (χ0v) is 18.7. The molecule has 0 aliphatic carbocycles. The summed E-state index contributed by atoms with van der Waals surface area (Å²) in [7, 11) is -3.37. The van der Waals surface area contributed by atoms with Gasteiger partial charge in [-0.1, -0.05) is 30.3 Å². The van der Waals surface area contributed by atoms with Crippen molar-refractivity contribution >= 4 is 15.9 Å². The smallest absolute Gasteiger partial charge is 0.254 e. The van der Waals surface area contributed by atoms with Crippen LogP contribution >= 0.6 is 0 Å². The second-order valence-corrected chi connectivity index (χ2v) is 10.4. The Kier molecular flexibility index (Phi) is 5.98. The number of hydrogen-bond donors (Lipinski definition) is 1. The van der Waals surface area contributed by atoms with Crippen molar-refractivity contribution in [3.63, 3.8) is 0 Å². The highest BCUT2D eigenvalue weighted by Crippen LogP contribution is 2.32. The zero-order valence-electron chi connectivity index (χ0n) is 17.9. The van der Waals surface area contributed by atoms with Crippen molar-refractivity contribution in [3.8, 4) is 0 Å². The average molecular weight is 445 g/mol. The maximum Gasteiger partial charge on any atom is 0.254 e. The fourth-order valence-electron chi connectivity index (χ4n) is 4.49. The van der Waals surface area contributed by atoms with E-state index in [9.17, 15) is 18.0 Å². The molecule has 1 aromatic carbocycles. The number of H-pyrrole nitrogens is 1. The van der Waals surface area contributed by atoms with Gasteiger partial charge in [0, 0.05) is 18.7 Å². The minimum absolute atomic E-state index is 0.00836. The van der Waals surface area contributed by atoms with E-state index in [2.05, 4.69) is 9.97 Å². The summed E-state index contributed by atoms with van der Waals surface area (Å²) in [6, 6.07) is 9.33. The number of hydrogen-bond acceptors (Lipinski definition) is 5. The average Bonchev–Trinajstić information content (AvgIpc) is 2.77. The Hall–Kier alpha value is -2.52. The summed E-state index contributed by atoms with van der Waals surface area (Å²) < 4.78 is 25.3. The summed E-state index contributed by atoms with van der Waals surface area (Å²) in [5, 5.41) is 0. The van der Waals surface area contributed by atoms with Crippen molar-refractivity contribution in [1.29, 1.82) is 0 Å². The van der Waals surface area contributed by atoms with Crippen LogP contribution in [-0.2, 0) is 27.8 Å². The van der Waals surface area contributed by atoms with Crippen molar-refractivity contribution in [2.45, 2.75) is 51.1 Å². The first-order chi connectivity index (χ1) is 14.8. The van der Waals surface area contributed by atoms with E-state index in [0.29, 0.717) is 36.5 Å². The Morgan fingerprint density at radius 2 is 1.94 bits per heavy atom. The normalized spacial score (nSPS) is 20.8. The lowest BCUT2D eigenvalue weighted by molar-refractivity contribution is -0.136. The van der Waals surface area contributed by atoms with Crippen LogP contribution < -0.4 is 5.56 Å². The van der Waals surface area contributed by atoms with E-state index in [-0.39, 0.29) is 36.5 Å². The van der Waals surface area contributed by atoms with Gasteiger partial charge in [-0.05, 0) is 38.2 Å². The molecule has 9 heteroatoms. The SMILES string of the molecule is C[C@H](C(=O)N1CCCC[C@H]1c1nc2c(c(=O)[nH]1)CCN(S(C)(=O)=O)C2)c1ccccc1. The van der Waals surface area contributed by atoms with Crippen molar-refractivity contribution in [2.75, 3.05) is 19.3 Å². The number of nitrogens with one attached hydrogen (secondary N) is 1. The van der Waals surface area contributed by atoms with Crippen molar-refractivity contribution in [1.82, 2.24) is 19.2 Å². The van der Waals surface area contributed by atoms with Gasteiger partial charge in [-0.2, -0.15) is 4.31 Å². The van der Waals surface area contributed by atoms with Crippen LogP contribution in [0.25, 0.3) is 0 Å². The fourth-order valence-corrected chi connectivity index (χ4v) is 5.27. The van der Waals surface area contributed by atoms with Gasteiger partial charge in [0.2, 0.25) is 15.9 Å². The van der Waals surface area contributed by atoms with Crippen LogP contribution in [0.4, 0.5) is 0 Å². The number of fused-ring (bicyclic) bond motifs is 1. The molecule has 1 N–H and O–H groups in total. The van der Waals surface area contributed by atoms with Gasteiger partial charge in [0.05, 0.1) is 30.5 Å². The van der Waals surface area contributed by atoms with Gasteiger partial charge in [-0.25, -0.2) is 13.4 Å². The van der Waals surface area contributed by atoms with Crippen molar-refractivity contribution in [3.05, 3.63) is 63.3 Å². The maximum absolute atomic E-state index is 13.4. The summed E-state index contributed by atoms with van der Waals surface area (Å²) >= 11 is 0. The molecule has 2 atom stereocenters. The van der Waals surface area contributed by atoms with E-state index in [0.717, 1.165) is 18.4 Å². The van der Waals surface area contributed by atoms with E-state index in [1.807, 2.05) is 42.2 Å². The molecule has 0 saturated carbocycles. The minimum Gasteiger partial charge on any atom is -0.332 e. The lowest BCUT2D eigenvalue weighted by Crippen LogP contribution is -2.43. The second kappa shape index (κ2) is 8.55. The number of amides is 1. The van der Waals surface area contributed by atoms with Crippen LogP contribution in [0.3, 0.4) is 0 Å². The number of aromatic nitrogens is 2. The lowest BCUT2D eigenvalue weighted by atomic mass is 9.95. The molecule has 0 radical (unpaired) electrons. The number of likely N-dealkylation sites (tertiary alicyclic amines) is 1. The van der Waals surface area contributed by atoms with Gasteiger partial charge in [-0.3, -0.25) is 9.59 Å². The minimum atomic E-state index is -3.37. The molecule has 166 valence electrons. The van der Waals surface area contributed by atoms with Gasteiger partial charge in [0.15, 0.2) is 0 Å². The molecule has 2 aliphatic heterocycles. The van der Waals surface area contributed by atoms with Crippen LogP contribution in [0.5, 0.6) is 0 Å². The summed E-state index contributed by atoms with van der Waals surface area (Å²) in [6.07, 6.45) is 4.05. The number of carbonyl (C=O) groups is 1. The van der Waals surface area contributed by atoms with E-state index < -0.39 is 10.0 Å². The number of nitrogens with zero attached hydrogens (tertiary/aromatic N) is 3. The molecule has 1 saturated heterocycles. The van der Waals surface area contributed by atoms with E-state index >= 15 is 0 Å². The first-order valence-electron chi connectivity index (χ1n) is 10.7. The Morgan fingerprint density at radius 3 is 2.65 bits per heavy atom. The van der Waals surface area contributed by atoms with Gasteiger partial charge in [-0.15, -0.1) is 0 Å². The number of benzene rings is 1. The molecular weight excluding hydrogens is 416 g/mol. The zero-order chi connectivity index (χ0) is 22.2. The highest BCUT2D eigenvalue weighted by molar-refractivity contribution is 7.88. The van der Waals surface area contributed by atoms with Crippen molar-refractivity contribution in [2.24, 2.45) is 0 Å². The molecule has 1 aromatic heterocycles. The van der Waals surface area contributed by atoms with Gasteiger partial charge in [0.25, 0.3) is 5.56 Å². The van der Waals surface area contributed by atoms with Crippen molar-refractivity contribution < 1.29 is 13.2 Å². The molecule has 1 fully saturated rings. The standard InChI is InChI=1S/C22H28N4O4S/c1-15(16-8-4-3-5-9-16)22(28)26-12-7-6-10-19(26)20-23-18-14-25(31(2,29)30)13-11-17(18)21(27)24-20/h3-5,8-9,15,19H,6-7,10-14H2,1-2H3,(H,23,24,27)/t15-,19-/m0/s1. The summed E-state index contributed by atoms with van der Waals surface area (Å²) in [4.78, 5) is 35.5. The topological polar surface area (TPSA) is 103 Å². The summed E-state index contributed by atoms with van der Waals surface area (Å²) in [6.45, 7) is 2.87. The molecule has 31 heavy (non-hydrogen) atoms. The highest BCUT2D eigenvalue weighted by Gasteiger charge is 2.34. The number of piperidine rings is 1.